The van der Waals surface area contributed by atoms with Gasteiger partial charge in [0.25, 0.3) is 0 Å². The summed E-state index contributed by atoms with van der Waals surface area (Å²) < 4.78 is 5.08. The van der Waals surface area contributed by atoms with Gasteiger partial charge in [-0.2, -0.15) is 0 Å². The predicted molar refractivity (Wildman–Crippen MR) is 112 cm³/mol. The van der Waals surface area contributed by atoms with Crippen LogP contribution in [0.1, 0.15) is 41.0 Å². The molecule has 2 heterocycles. The van der Waals surface area contributed by atoms with Crippen molar-refractivity contribution in [1.29, 1.82) is 0 Å². The van der Waals surface area contributed by atoms with Crippen molar-refractivity contribution in [2.45, 2.75) is 32.7 Å². The molecule has 0 bridgehead atoms. The van der Waals surface area contributed by atoms with Gasteiger partial charge in [-0.3, -0.25) is 9.59 Å². The summed E-state index contributed by atoms with van der Waals surface area (Å²) in [4.78, 5) is 30.2. The Hall–Kier alpha value is -2.18. The van der Waals surface area contributed by atoms with E-state index in [2.05, 4.69) is 30.5 Å². The van der Waals surface area contributed by atoms with Gasteiger partial charge in [-0.1, -0.05) is 24.3 Å². The molecule has 2 amide bonds. The Kier molecular flexibility index (Phi) is 6.86. The number of fused-ring (bicyclic) bond motifs is 1. The van der Waals surface area contributed by atoms with E-state index < -0.39 is 0 Å². The van der Waals surface area contributed by atoms with E-state index in [0.717, 1.165) is 18.4 Å². The molecular weight excluding hydrogens is 372 g/mol. The van der Waals surface area contributed by atoms with E-state index >= 15 is 0 Å². The molecule has 3 rings (SSSR count). The lowest BCUT2D eigenvalue weighted by atomic mass is 9.90. The minimum Gasteiger partial charge on any atom is -0.385 e. The highest BCUT2D eigenvalue weighted by molar-refractivity contribution is 7.10. The third-order valence-electron chi connectivity index (χ3n) is 5.32. The van der Waals surface area contributed by atoms with Crippen molar-refractivity contribution in [3.05, 3.63) is 57.3 Å². The van der Waals surface area contributed by atoms with Gasteiger partial charge in [0.15, 0.2) is 0 Å². The van der Waals surface area contributed by atoms with Gasteiger partial charge < -0.3 is 14.5 Å². The van der Waals surface area contributed by atoms with Crippen molar-refractivity contribution in [3.63, 3.8) is 0 Å². The zero-order valence-electron chi connectivity index (χ0n) is 16.8. The first kappa shape index (κ1) is 20.6. The summed E-state index contributed by atoms with van der Waals surface area (Å²) in [5.74, 6) is -0.0807. The molecule has 150 valence electrons. The molecule has 2 aromatic rings. The van der Waals surface area contributed by atoms with Crippen LogP contribution in [0, 0.1) is 6.92 Å². The number of carbonyl (C=O) groups is 2. The number of aryl methyl sites for hydroxylation is 1. The van der Waals surface area contributed by atoms with Crippen molar-refractivity contribution in [3.8, 4) is 0 Å². The van der Waals surface area contributed by atoms with Gasteiger partial charge >= 0.3 is 0 Å². The number of hydrogen-bond donors (Lipinski definition) is 0. The van der Waals surface area contributed by atoms with Gasteiger partial charge in [-0.15, -0.1) is 11.3 Å². The average molecular weight is 401 g/mol. The summed E-state index contributed by atoms with van der Waals surface area (Å²) in [6.07, 6.45) is 1.59. The lowest BCUT2D eigenvalue weighted by molar-refractivity contribution is -0.140. The molecule has 1 aromatic heterocycles. The van der Waals surface area contributed by atoms with E-state index in [-0.39, 0.29) is 24.4 Å². The Labute approximate surface area is 170 Å². The first-order valence-corrected chi connectivity index (χ1v) is 10.6. The lowest BCUT2D eigenvalue weighted by Crippen LogP contribution is -2.46. The monoisotopic (exact) mass is 400 g/mol. The third-order valence-corrected chi connectivity index (χ3v) is 6.31. The molecule has 1 aromatic carbocycles. The molecule has 1 aliphatic rings. The van der Waals surface area contributed by atoms with Crippen LogP contribution < -0.4 is 0 Å². The van der Waals surface area contributed by atoms with E-state index in [4.69, 9.17) is 4.74 Å². The van der Waals surface area contributed by atoms with Crippen LogP contribution in [0.5, 0.6) is 0 Å². The van der Waals surface area contributed by atoms with E-state index in [0.29, 0.717) is 19.7 Å². The van der Waals surface area contributed by atoms with E-state index in [1.807, 2.05) is 17.0 Å². The molecule has 0 fully saturated rings. The van der Waals surface area contributed by atoms with Crippen molar-refractivity contribution in [2.24, 2.45) is 0 Å². The van der Waals surface area contributed by atoms with E-state index in [1.165, 1.54) is 22.9 Å². The fourth-order valence-electron chi connectivity index (χ4n) is 3.82. The highest BCUT2D eigenvalue weighted by Gasteiger charge is 2.34. The molecule has 1 aliphatic heterocycles. The van der Waals surface area contributed by atoms with Crippen LogP contribution in [-0.4, -0.2) is 55.0 Å². The number of benzene rings is 1. The van der Waals surface area contributed by atoms with Gasteiger partial charge in [0.2, 0.25) is 11.8 Å². The third kappa shape index (κ3) is 4.45. The quantitative estimate of drug-likeness (QED) is 0.669. The Morgan fingerprint density at radius 1 is 1.25 bits per heavy atom. The zero-order valence-corrected chi connectivity index (χ0v) is 17.6. The molecule has 5 nitrogen and oxygen atoms in total. The fourth-order valence-corrected chi connectivity index (χ4v) is 4.72. The minimum absolute atomic E-state index is 0.00211. The van der Waals surface area contributed by atoms with Crippen molar-refractivity contribution >= 4 is 23.2 Å². The summed E-state index contributed by atoms with van der Waals surface area (Å²) in [7, 11) is 1.64. The molecule has 0 saturated carbocycles. The van der Waals surface area contributed by atoms with Crippen LogP contribution in [0.3, 0.4) is 0 Å². The molecule has 0 saturated heterocycles. The van der Waals surface area contributed by atoms with Crippen LogP contribution in [0.25, 0.3) is 0 Å². The van der Waals surface area contributed by atoms with Crippen molar-refractivity contribution in [2.75, 3.05) is 33.4 Å². The summed E-state index contributed by atoms with van der Waals surface area (Å²) in [5, 5.41) is 2.11. The van der Waals surface area contributed by atoms with Gasteiger partial charge in [0.1, 0.15) is 0 Å². The number of rotatable bonds is 7. The standard InChI is InChI=1S/C22H28N2O3S/c1-16-7-4-5-8-18(16)22-19-10-14-28-20(19)9-12-24(22)21(26)15-23(17(2)25)11-6-13-27-3/h4-5,7-8,10,14,22H,6,9,11-13,15H2,1-3H3/t22-/m1/s1. The number of ether oxygens (including phenoxy) is 1. The van der Waals surface area contributed by atoms with Crippen LogP contribution in [0.15, 0.2) is 35.7 Å². The number of amides is 2. The number of methoxy groups -OCH3 is 1. The van der Waals surface area contributed by atoms with Gasteiger partial charge in [0.05, 0.1) is 12.6 Å². The summed E-state index contributed by atoms with van der Waals surface area (Å²) >= 11 is 1.76. The Balaban J connectivity index is 1.85. The smallest absolute Gasteiger partial charge is 0.242 e. The summed E-state index contributed by atoms with van der Waals surface area (Å²) in [6, 6.07) is 10.3. The molecule has 0 unspecified atom stereocenters. The molecule has 0 spiro atoms. The van der Waals surface area contributed by atoms with Crippen LogP contribution in [0.4, 0.5) is 0 Å². The Bertz CT molecular complexity index is 833. The zero-order chi connectivity index (χ0) is 20.1. The fraction of sp³-hybridized carbons (Fsp3) is 0.455. The van der Waals surface area contributed by atoms with Crippen molar-refractivity contribution in [1.82, 2.24) is 9.80 Å². The Morgan fingerprint density at radius 3 is 2.75 bits per heavy atom. The van der Waals surface area contributed by atoms with E-state index in [9.17, 15) is 9.59 Å². The first-order chi connectivity index (χ1) is 13.5. The number of thiophene rings is 1. The number of carbonyl (C=O) groups excluding carboxylic acids is 2. The minimum atomic E-state index is -0.0866. The largest absolute Gasteiger partial charge is 0.385 e. The molecule has 6 heteroatoms. The Morgan fingerprint density at radius 2 is 2.04 bits per heavy atom. The maximum Gasteiger partial charge on any atom is 0.242 e. The molecule has 0 aliphatic carbocycles. The highest BCUT2D eigenvalue weighted by atomic mass is 32.1. The number of hydrogen-bond acceptors (Lipinski definition) is 4. The van der Waals surface area contributed by atoms with Gasteiger partial charge in [-0.05, 0) is 47.9 Å². The molecule has 28 heavy (non-hydrogen) atoms. The molecule has 1 atom stereocenters. The number of nitrogens with zero attached hydrogens (tertiary/aromatic N) is 2. The topological polar surface area (TPSA) is 49.9 Å². The second-order valence-electron chi connectivity index (χ2n) is 7.18. The van der Waals surface area contributed by atoms with Crippen LogP contribution in [0.2, 0.25) is 0 Å². The highest BCUT2D eigenvalue weighted by Crippen LogP contribution is 2.38. The summed E-state index contributed by atoms with van der Waals surface area (Å²) in [6.45, 7) is 5.50. The lowest BCUT2D eigenvalue weighted by Gasteiger charge is -2.38. The predicted octanol–water partition coefficient (Wildman–Crippen LogP) is 3.42. The maximum atomic E-state index is 13.3. The van der Waals surface area contributed by atoms with Crippen molar-refractivity contribution < 1.29 is 14.3 Å². The van der Waals surface area contributed by atoms with Crippen LogP contribution in [-0.2, 0) is 20.7 Å². The van der Waals surface area contributed by atoms with E-state index in [1.54, 1.807) is 23.3 Å². The SMILES string of the molecule is COCCCN(CC(=O)N1CCc2sccc2[C@H]1c1ccccc1C)C(C)=O. The second-order valence-corrected chi connectivity index (χ2v) is 8.18. The summed E-state index contributed by atoms with van der Waals surface area (Å²) in [5.41, 5.74) is 3.55. The first-order valence-electron chi connectivity index (χ1n) is 9.68. The molecule has 0 radical (unpaired) electrons. The van der Waals surface area contributed by atoms with Gasteiger partial charge in [0, 0.05) is 38.6 Å². The second kappa shape index (κ2) is 9.34. The van der Waals surface area contributed by atoms with Crippen LogP contribution >= 0.6 is 11.3 Å². The average Bonchev–Trinajstić information content (AvgIpc) is 3.15. The maximum absolute atomic E-state index is 13.3. The molecular formula is C22H28N2O3S. The normalized spacial score (nSPS) is 16.0. The van der Waals surface area contributed by atoms with Gasteiger partial charge in [-0.25, -0.2) is 0 Å². The molecule has 0 N–H and O–H groups in total.